The number of rotatable bonds is 4. The van der Waals surface area contributed by atoms with Crippen LogP contribution in [-0.2, 0) is 13.0 Å². The quantitative estimate of drug-likeness (QED) is 0.917. The van der Waals surface area contributed by atoms with Crippen LogP contribution in [-0.4, -0.2) is 10.1 Å². The smallest absolute Gasteiger partial charge is 0.224 e. The average molecular weight is 264 g/mol. The van der Waals surface area contributed by atoms with Crippen LogP contribution in [0.5, 0.6) is 11.6 Å². The van der Waals surface area contributed by atoms with Gasteiger partial charge in [-0.25, -0.2) is 4.98 Å². The molecule has 0 atom stereocenters. The van der Waals surface area contributed by atoms with E-state index in [-0.39, 0.29) is 6.61 Å². The monoisotopic (exact) mass is 263 g/mol. The van der Waals surface area contributed by atoms with Gasteiger partial charge in [-0.05, 0) is 42.3 Å². The van der Waals surface area contributed by atoms with E-state index < -0.39 is 0 Å². The minimum atomic E-state index is -0.0998. The lowest BCUT2D eigenvalue weighted by Gasteiger charge is -2.09. The molecule has 3 nitrogen and oxygen atoms in total. The van der Waals surface area contributed by atoms with Crippen LogP contribution in [0.25, 0.3) is 0 Å². The first-order valence-electron chi connectivity index (χ1n) is 5.75. The summed E-state index contributed by atoms with van der Waals surface area (Å²) >= 11 is 6.05. The Balaban J connectivity index is 2.28. The molecule has 0 bridgehead atoms. The summed E-state index contributed by atoms with van der Waals surface area (Å²) < 4.78 is 5.67. The lowest BCUT2D eigenvalue weighted by molar-refractivity contribution is 0.275. The Labute approximate surface area is 111 Å². The highest BCUT2D eigenvalue weighted by Gasteiger charge is 2.06. The summed E-state index contributed by atoms with van der Waals surface area (Å²) in [4.78, 5) is 4.11. The van der Waals surface area contributed by atoms with E-state index >= 15 is 0 Å². The second kappa shape index (κ2) is 5.85. The molecule has 0 radical (unpaired) electrons. The fraction of sp³-hybridized carbons (Fsp3) is 0.214. The number of halogens is 1. The van der Waals surface area contributed by atoms with Crippen molar-refractivity contribution >= 4 is 11.6 Å². The first-order valence-corrected chi connectivity index (χ1v) is 6.13. The number of pyridine rings is 1. The van der Waals surface area contributed by atoms with Crippen molar-refractivity contribution in [3.05, 3.63) is 52.7 Å². The molecule has 0 unspecified atom stereocenters. The average Bonchev–Trinajstić information content (AvgIpc) is 2.41. The Morgan fingerprint density at radius 1 is 1.28 bits per heavy atom. The molecule has 94 valence electrons. The molecular formula is C14H14ClNO2. The SMILES string of the molecule is CCc1cc(Oc2ncccc2CO)ccc1Cl. The van der Waals surface area contributed by atoms with Gasteiger partial charge in [0.1, 0.15) is 5.75 Å². The van der Waals surface area contributed by atoms with Crippen molar-refractivity contribution in [2.75, 3.05) is 0 Å². The molecule has 0 fully saturated rings. The summed E-state index contributed by atoms with van der Waals surface area (Å²) in [6.45, 7) is 1.93. The zero-order chi connectivity index (χ0) is 13.0. The maximum atomic E-state index is 9.20. The molecule has 2 rings (SSSR count). The molecule has 0 saturated carbocycles. The third-order valence-electron chi connectivity index (χ3n) is 2.63. The number of hydrogen-bond acceptors (Lipinski definition) is 3. The van der Waals surface area contributed by atoms with E-state index in [1.54, 1.807) is 30.5 Å². The van der Waals surface area contributed by atoms with E-state index in [0.29, 0.717) is 17.2 Å². The number of benzene rings is 1. The molecule has 1 aromatic carbocycles. The fourth-order valence-corrected chi connectivity index (χ4v) is 1.88. The summed E-state index contributed by atoms with van der Waals surface area (Å²) in [5.41, 5.74) is 1.68. The first-order chi connectivity index (χ1) is 8.74. The highest BCUT2D eigenvalue weighted by atomic mass is 35.5. The first kappa shape index (κ1) is 12.9. The Bertz CT molecular complexity index is 543. The van der Waals surface area contributed by atoms with Crippen molar-refractivity contribution in [1.82, 2.24) is 4.98 Å². The maximum absolute atomic E-state index is 9.20. The molecule has 0 aliphatic carbocycles. The number of aromatic nitrogens is 1. The predicted octanol–water partition coefficient (Wildman–Crippen LogP) is 3.58. The molecule has 4 heteroatoms. The van der Waals surface area contributed by atoms with Crippen molar-refractivity contribution in [2.45, 2.75) is 20.0 Å². The maximum Gasteiger partial charge on any atom is 0.224 e. The second-order valence-corrected chi connectivity index (χ2v) is 4.24. The van der Waals surface area contributed by atoms with Gasteiger partial charge in [-0.15, -0.1) is 0 Å². The van der Waals surface area contributed by atoms with Crippen molar-refractivity contribution in [2.24, 2.45) is 0 Å². The van der Waals surface area contributed by atoms with Gasteiger partial charge in [0.15, 0.2) is 0 Å². The Morgan fingerprint density at radius 2 is 2.11 bits per heavy atom. The third-order valence-corrected chi connectivity index (χ3v) is 3.00. The summed E-state index contributed by atoms with van der Waals surface area (Å²) in [6.07, 6.45) is 2.47. The van der Waals surface area contributed by atoms with Crippen LogP contribution in [0, 0.1) is 0 Å². The zero-order valence-electron chi connectivity index (χ0n) is 10.1. The molecule has 2 aromatic rings. The molecule has 1 N–H and O–H groups in total. The van der Waals surface area contributed by atoms with Gasteiger partial charge < -0.3 is 9.84 Å². The molecule has 1 heterocycles. The molecule has 0 spiro atoms. The van der Waals surface area contributed by atoms with Gasteiger partial charge in [-0.2, -0.15) is 0 Å². The van der Waals surface area contributed by atoms with Crippen LogP contribution in [0.2, 0.25) is 5.02 Å². The zero-order valence-corrected chi connectivity index (χ0v) is 10.8. The highest BCUT2D eigenvalue weighted by Crippen LogP contribution is 2.27. The van der Waals surface area contributed by atoms with Crippen molar-refractivity contribution in [3.63, 3.8) is 0 Å². The number of aryl methyl sites for hydroxylation is 1. The summed E-state index contributed by atoms with van der Waals surface area (Å²) in [6, 6.07) is 9.02. The normalized spacial score (nSPS) is 10.4. The van der Waals surface area contributed by atoms with Crippen LogP contribution in [0.1, 0.15) is 18.1 Å². The van der Waals surface area contributed by atoms with Gasteiger partial charge in [0, 0.05) is 16.8 Å². The minimum absolute atomic E-state index is 0.0998. The molecule has 0 aliphatic heterocycles. The number of aliphatic hydroxyl groups excluding tert-OH is 1. The number of nitrogens with zero attached hydrogens (tertiary/aromatic N) is 1. The molecule has 0 saturated heterocycles. The number of aliphatic hydroxyl groups is 1. The molecular weight excluding hydrogens is 250 g/mol. The van der Waals surface area contributed by atoms with Gasteiger partial charge in [0.2, 0.25) is 5.88 Å². The summed E-state index contributed by atoms with van der Waals surface area (Å²) in [5.74, 6) is 1.09. The lowest BCUT2D eigenvalue weighted by Crippen LogP contribution is -1.95. The van der Waals surface area contributed by atoms with Crippen LogP contribution < -0.4 is 4.74 Å². The fourth-order valence-electron chi connectivity index (χ4n) is 1.63. The molecule has 0 aliphatic rings. The van der Waals surface area contributed by atoms with E-state index in [1.807, 2.05) is 13.0 Å². The number of hydrogen-bond donors (Lipinski definition) is 1. The minimum Gasteiger partial charge on any atom is -0.439 e. The Kier molecular flexibility index (Phi) is 4.18. The van der Waals surface area contributed by atoms with Crippen molar-refractivity contribution in [1.29, 1.82) is 0 Å². The largest absolute Gasteiger partial charge is 0.439 e. The summed E-state index contributed by atoms with van der Waals surface area (Å²) in [7, 11) is 0. The lowest BCUT2D eigenvalue weighted by atomic mass is 10.1. The molecule has 18 heavy (non-hydrogen) atoms. The predicted molar refractivity (Wildman–Crippen MR) is 71.1 cm³/mol. The van der Waals surface area contributed by atoms with E-state index in [1.165, 1.54) is 0 Å². The Hall–Kier alpha value is -1.58. The van der Waals surface area contributed by atoms with Crippen LogP contribution in [0.3, 0.4) is 0 Å². The number of ether oxygens (including phenoxy) is 1. The third kappa shape index (κ3) is 2.81. The van der Waals surface area contributed by atoms with Gasteiger partial charge >= 0.3 is 0 Å². The summed E-state index contributed by atoms with van der Waals surface area (Å²) in [5, 5.41) is 9.93. The van der Waals surface area contributed by atoms with Crippen molar-refractivity contribution < 1.29 is 9.84 Å². The topological polar surface area (TPSA) is 42.4 Å². The van der Waals surface area contributed by atoms with Crippen LogP contribution in [0.4, 0.5) is 0 Å². The van der Waals surface area contributed by atoms with E-state index in [0.717, 1.165) is 17.0 Å². The molecule has 0 amide bonds. The van der Waals surface area contributed by atoms with Gasteiger partial charge in [-0.3, -0.25) is 0 Å². The van der Waals surface area contributed by atoms with Crippen molar-refractivity contribution in [3.8, 4) is 11.6 Å². The Morgan fingerprint density at radius 3 is 2.83 bits per heavy atom. The van der Waals surface area contributed by atoms with E-state index in [4.69, 9.17) is 16.3 Å². The van der Waals surface area contributed by atoms with E-state index in [9.17, 15) is 5.11 Å². The van der Waals surface area contributed by atoms with Gasteiger partial charge in [0.25, 0.3) is 0 Å². The molecule has 1 aromatic heterocycles. The van der Waals surface area contributed by atoms with Gasteiger partial charge in [0.05, 0.1) is 6.61 Å². The highest BCUT2D eigenvalue weighted by molar-refractivity contribution is 6.31. The van der Waals surface area contributed by atoms with Gasteiger partial charge in [-0.1, -0.05) is 18.5 Å². The standard InChI is InChI=1S/C14H14ClNO2/c1-2-10-8-12(5-6-13(10)15)18-14-11(9-17)4-3-7-16-14/h3-8,17H,2,9H2,1H3. The van der Waals surface area contributed by atoms with Crippen LogP contribution in [0.15, 0.2) is 36.5 Å². The van der Waals surface area contributed by atoms with Crippen LogP contribution >= 0.6 is 11.6 Å². The second-order valence-electron chi connectivity index (χ2n) is 3.83. The van der Waals surface area contributed by atoms with E-state index in [2.05, 4.69) is 4.98 Å².